The topological polar surface area (TPSA) is 64.2 Å². The van der Waals surface area contributed by atoms with Crippen molar-refractivity contribution in [1.82, 2.24) is 4.57 Å². The summed E-state index contributed by atoms with van der Waals surface area (Å²) in [6.07, 6.45) is 3.02. The number of hydrogen-bond acceptors (Lipinski definition) is 5. The molecule has 0 spiro atoms. The SMILES string of the molecule is COc1cc(/C=c2\s/c(=C\C#N)n(C)c2=O)cc(Cl)c1OC(C)C. The normalized spacial score (nSPS) is 12.5. The summed E-state index contributed by atoms with van der Waals surface area (Å²) in [4.78, 5) is 12.2. The van der Waals surface area contributed by atoms with Crippen molar-refractivity contribution in [2.75, 3.05) is 7.11 Å². The minimum absolute atomic E-state index is 0.0418. The smallest absolute Gasteiger partial charge is 0.268 e. The molecule has 0 aliphatic heterocycles. The molecule has 0 aliphatic rings. The van der Waals surface area contributed by atoms with E-state index < -0.39 is 0 Å². The van der Waals surface area contributed by atoms with Crippen LogP contribution >= 0.6 is 22.9 Å². The van der Waals surface area contributed by atoms with E-state index in [9.17, 15) is 4.79 Å². The van der Waals surface area contributed by atoms with Crippen LogP contribution in [0.5, 0.6) is 11.5 Å². The zero-order chi connectivity index (χ0) is 17.9. The van der Waals surface area contributed by atoms with Gasteiger partial charge in [0.1, 0.15) is 4.66 Å². The molecule has 0 amide bonds. The minimum Gasteiger partial charge on any atom is -0.493 e. The Morgan fingerprint density at radius 1 is 1.42 bits per heavy atom. The van der Waals surface area contributed by atoms with Crippen molar-refractivity contribution in [3.63, 3.8) is 0 Å². The molecule has 5 nitrogen and oxygen atoms in total. The third kappa shape index (κ3) is 3.81. The summed E-state index contributed by atoms with van der Waals surface area (Å²) < 4.78 is 13.6. The quantitative estimate of drug-likeness (QED) is 0.832. The molecule has 1 heterocycles. The number of ether oxygens (including phenoxy) is 2. The molecule has 1 aromatic heterocycles. The first-order chi connectivity index (χ1) is 11.4. The third-order valence-electron chi connectivity index (χ3n) is 3.15. The average Bonchev–Trinajstić information content (AvgIpc) is 2.78. The van der Waals surface area contributed by atoms with Crippen LogP contribution in [0.3, 0.4) is 0 Å². The maximum Gasteiger partial charge on any atom is 0.268 e. The molecule has 126 valence electrons. The fourth-order valence-corrected chi connectivity index (χ4v) is 3.33. The molecule has 2 rings (SSSR count). The van der Waals surface area contributed by atoms with Crippen molar-refractivity contribution < 1.29 is 9.47 Å². The first-order valence-corrected chi connectivity index (χ1v) is 8.38. The van der Waals surface area contributed by atoms with Gasteiger partial charge in [-0.1, -0.05) is 11.6 Å². The number of methoxy groups -OCH3 is 1. The Balaban J connectivity index is 2.62. The molecule has 0 atom stereocenters. The highest BCUT2D eigenvalue weighted by Gasteiger charge is 2.13. The summed E-state index contributed by atoms with van der Waals surface area (Å²) in [6, 6.07) is 5.41. The number of thiazole rings is 1. The van der Waals surface area contributed by atoms with Crippen molar-refractivity contribution >= 4 is 35.1 Å². The lowest BCUT2D eigenvalue weighted by molar-refractivity contribution is 0.230. The first-order valence-electron chi connectivity index (χ1n) is 7.19. The van der Waals surface area contributed by atoms with Gasteiger partial charge in [-0.3, -0.25) is 4.79 Å². The molecule has 0 saturated heterocycles. The van der Waals surface area contributed by atoms with Crippen LogP contribution < -0.4 is 24.2 Å². The van der Waals surface area contributed by atoms with Gasteiger partial charge >= 0.3 is 0 Å². The molecule has 0 aliphatic carbocycles. The molecular weight excluding hydrogens is 348 g/mol. The Bertz CT molecular complexity index is 967. The molecule has 1 aromatic carbocycles. The van der Waals surface area contributed by atoms with Crippen LogP contribution in [0.15, 0.2) is 16.9 Å². The van der Waals surface area contributed by atoms with Crippen molar-refractivity contribution in [2.24, 2.45) is 7.05 Å². The molecule has 0 fully saturated rings. The summed E-state index contributed by atoms with van der Waals surface area (Å²) in [5.41, 5.74) is 0.550. The Morgan fingerprint density at radius 3 is 2.71 bits per heavy atom. The average molecular weight is 365 g/mol. The van der Waals surface area contributed by atoms with Crippen molar-refractivity contribution in [2.45, 2.75) is 20.0 Å². The van der Waals surface area contributed by atoms with Crippen LogP contribution in [-0.4, -0.2) is 17.8 Å². The van der Waals surface area contributed by atoms with Crippen LogP contribution in [0, 0.1) is 11.3 Å². The Labute approximate surface area is 148 Å². The van der Waals surface area contributed by atoms with E-state index in [2.05, 4.69) is 0 Å². The summed E-state index contributed by atoms with van der Waals surface area (Å²) in [5.74, 6) is 0.976. The van der Waals surface area contributed by atoms with E-state index in [-0.39, 0.29) is 11.7 Å². The molecule has 0 saturated carbocycles. The van der Waals surface area contributed by atoms with Crippen LogP contribution in [0.4, 0.5) is 0 Å². The van der Waals surface area contributed by atoms with Gasteiger partial charge < -0.3 is 14.0 Å². The molecule has 0 radical (unpaired) electrons. The van der Waals surface area contributed by atoms with Gasteiger partial charge in [-0.15, -0.1) is 11.3 Å². The Hall–Kier alpha value is -2.23. The predicted molar refractivity (Wildman–Crippen MR) is 96.2 cm³/mol. The summed E-state index contributed by atoms with van der Waals surface area (Å²) in [5, 5.41) is 9.18. The summed E-state index contributed by atoms with van der Waals surface area (Å²) >= 11 is 7.54. The maximum atomic E-state index is 12.2. The standard InChI is InChI=1S/C17H17ClN2O3S/c1-10(2)23-16-12(18)7-11(8-13(16)22-4)9-14-17(21)20(3)15(24-14)5-6-19/h5,7-10H,1-4H3/b14-9-,15-5-. The van der Waals surface area contributed by atoms with E-state index in [0.717, 1.165) is 5.56 Å². The number of nitriles is 1. The van der Waals surface area contributed by atoms with Crippen molar-refractivity contribution in [3.05, 3.63) is 42.3 Å². The fraction of sp³-hybridized carbons (Fsp3) is 0.294. The molecule has 2 aromatic rings. The van der Waals surface area contributed by atoms with Gasteiger partial charge in [-0.05, 0) is 37.6 Å². The largest absolute Gasteiger partial charge is 0.493 e. The molecule has 0 bridgehead atoms. The maximum absolute atomic E-state index is 12.2. The second kappa shape index (κ2) is 7.56. The summed E-state index contributed by atoms with van der Waals surface area (Å²) in [6.45, 7) is 3.80. The second-order valence-corrected chi connectivity index (χ2v) is 6.76. The van der Waals surface area contributed by atoms with E-state index in [1.165, 1.54) is 29.1 Å². The highest BCUT2D eigenvalue weighted by molar-refractivity contribution is 7.07. The number of benzene rings is 1. The van der Waals surface area contributed by atoms with Gasteiger partial charge in [-0.25, -0.2) is 0 Å². The van der Waals surface area contributed by atoms with E-state index >= 15 is 0 Å². The zero-order valence-corrected chi connectivity index (χ0v) is 15.4. The van der Waals surface area contributed by atoms with Gasteiger partial charge in [0.05, 0.1) is 28.8 Å². The Kier molecular flexibility index (Phi) is 5.71. The Morgan fingerprint density at radius 2 is 2.12 bits per heavy atom. The molecule has 0 unspecified atom stereocenters. The minimum atomic E-state index is -0.168. The van der Waals surface area contributed by atoms with Gasteiger partial charge in [-0.2, -0.15) is 5.26 Å². The van der Waals surface area contributed by atoms with Crippen LogP contribution in [0.2, 0.25) is 5.02 Å². The summed E-state index contributed by atoms with van der Waals surface area (Å²) in [7, 11) is 3.17. The lowest BCUT2D eigenvalue weighted by Gasteiger charge is -2.15. The van der Waals surface area contributed by atoms with Crippen molar-refractivity contribution in [1.29, 1.82) is 5.26 Å². The van der Waals surface area contributed by atoms with E-state index in [1.807, 2.05) is 19.9 Å². The number of hydrogen-bond donors (Lipinski definition) is 0. The van der Waals surface area contributed by atoms with Gasteiger partial charge in [0, 0.05) is 13.1 Å². The lowest BCUT2D eigenvalue weighted by Crippen LogP contribution is -2.28. The van der Waals surface area contributed by atoms with Gasteiger partial charge in [0.2, 0.25) is 0 Å². The molecule has 0 N–H and O–H groups in total. The van der Waals surface area contributed by atoms with E-state index in [4.69, 9.17) is 26.3 Å². The van der Waals surface area contributed by atoms with Crippen LogP contribution in [0.25, 0.3) is 12.2 Å². The molecule has 7 heteroatoms. The monoisotopic (exact) mass is 364 g/mol. The third-order valence-corrected chi connectivity index (χ3v) is 4.55. The highest BCUT2D eigenvalue weighted by atomic mass is 35.5. The number of nitrogens with zero attached hydrogens (tertiary/aromatic N) is 2. The van der Waals surface area contributed by atoms with E-state index in [1.54, 1.807) is 25.3 Å². The van der Waals surface area contributed by atoms with Gasteiger partial charge in [0.15, 0.2) is 11.5 Å². The predicted octanol–water partition coefficient (Wildman–Crippen LogP) is 2.03. The van der Waals surface area contributed by atoms with Gasteiger partial charge in [0.25, 0.3) is 5.56 Å². The fourth-order valence-electron chi connectivity index (χ4n) is 2.09. The molecule has 24 heavy (non-hydrogen) atoms. The van der Waals surface area contributed by atoms with Crippen LogP contribution in [0.1, 0.15) is 19.4 Å². The number of rotatable bonds is 4. The van der Waals surface area contributed by atoms with E-state index in [0.29, 0.717) is 25.7 Å². The number of aromatic nitrogens is 1. The zero-order valence-electron chi connectivity index (χ0n) is 13.8. The molecular formula is C17H17ClN2O3S. The second-order valence-electron chi connectivity index (χ2n) is 5.29. The number of halogens is 1. The van der Waals surface area contributed by atoms with Crippen LogP contribution in [-0.2, 0) is 7.05 Å². The van der Waals surface area contributed by atoms with Crippen molar-refractivity contribution in [3.8, 4) is 17.6 Å². The lowest BCUT2D eigenvalue weighted by atomic mass is 10.2. The highest BCUT2D eigenvalue weighted by Crippen LogP contribution is 2.37. The first kappa shape index (κ1) is 18.1.